The van der Waals surface area contributed by atoms with E-state index < -0.39 is 0 Å². The number of aryl methyl sites for hydroxylation is 1. The molecule has 0 aliphatic rings. The Hall–Kier alpha value is -2.36. The summed E-state index contributed by atoms with van der Waals surface area (Å²) in [6.45, 7) is 0. The number of rotatable bonds is 4. The highest BCUT2D eigenvalue weighted by Gasteiger charge is 2.07. The summed E-state index contributed by atoms with van der Waals surface area (Å²) in [4.78, 5) is 15.5. The minimum atomic E-state index is -0.295. The van der Waals surface area contributed by atoms with E-state index in [0.29, 0.717) is 24.3 Å². The number of carbonyl (C=O) groups is 1. The molecule has 0 radical (unpaired) electrons. The number of nitrogen functional groups attached to an aromatic ring is 1. The van der Waals surface area contributed by atoms with Gasteiger partial charge in [0.05, 0.1) is 11.9 Å². The van der Waals surface area contributed by atoms with Gasteiger partial charge in [0.2, 0.25) is 0 Å². The van der Waals surface area contributed by atoms with Gasteiger partial charge in [-0.25, -0.2) is 0 Å². The summed E-state index contributed by atoms with van der Waals surface area (Å²) in [6.07, 6.45) is 3.98. The molecule has 92 valence electrons. The minimum Gasteiger partial charge on any atom is -0.424 e. The summed E-state index contributed by atoms with van der Waals surface area (Å²) >= 11 is 0. The fourth-order valence-electron chi connectivity index (χ4n) is 1.55. The Morgan fingerprint density at radius 1 is 1.22 bits per heavy atom. The second-order valence-electron chi connectivity index (χ2n) is 3.87. The molecule has 4 heteroatoms. The standard InChI is InChI=1S/C14H14N2O2/c15-12-10-16-9-8-13(12)18-14(17)7-6-11-4-2-1-3-5-11/h1-5,8-10H,6-7,15H2. The van der Waals surface area contributed by atoms with E-state index in [9.17, 15) is 4.79 Å². The van der Waals surface area contributed by atoms with Crippen molar-refractivity contribution in [2.45, 2.75) is 12.8 Å². The molecule has 1 aromatic heterocycles. The van der Waals surface area contributed by atoms with Gasteiger partial charge in [-0.05, 0) is 12.0 Å². The molecule has 2 N–H and O–H groups in total. The quantitative estimate of drug-likeness (QED) is 0.835. The Morgan fingerprint density at radius 3 is 2.72 bits per heavy atom. The highest BCUT2D eigenvalue weighted by molar-refractivity contribution is 5.74. The summed E-state index contributed by atoms with van der Waals surface area (Å²) in [5.41, 5.74) is 7.11. The van der Waals surface area contributed by atoms with Gasteiger partial charge in [0.1, 0.15) is 0 Å². The highest BCUT2D eigenvalue weighted by atomic mass is 16.5. The summed E-state index contributed by atoms with van der Waals surface area (Å²) < 4.78 is 5.16. The second kappa shape index (κ2) is 5.82. The molecule has 0 atom stereocenters. The molecule has 0 spiro atoms. The van der Waals surface area contributed by atoms with E-state index in [1.54, 1.807) is 6.07 Å². The molecular formula is C14H14N2O2. The topological polar surface area (TPSA) is 65.2 Å². The fraction of sp³-hybridized carbons (Fsp3) is 0.143. The number of hydrogen-bond donors (Lipinski definition) is 1. The van der Waals surface area contributed by atoms with Crippen molar-refractivity contribution >= 4 is 11.7 Å². The van der Waals surface area contributed by atoms with Crippen LogP contribution in [0.4, 0.5) is 5.69 Å². The zero-order valence-corrected chi connectivity index (χ0v) is 9.87. The molecule has 2 aromatic rings. The van der Waals surface area contributed by atoms with Gasteiger partial charge in [-0.3, -0.25) is 9.78 Å². The van der Waals surface area contributed by atoms with Gasteiger partial charge in [-0.1, -0.05) is 30.3 Å². The average molecular weight is 242 g/mol. The van der Waals surface area contributed by atoms with E-state index in [0.717, 1.165) is 5.56 Å². The highest BCUT2D eigenvalue weighted by Crippen LogP contribution is 2.19. The van der Waals surface area contributed by atoms with E-state index in [1.807, 2.05) is 30.3 Å². The molecule has 0 aliphatic carbocycles. The first-order valence-electron chi connectivity index (χ1n) is 5.70. The minimum absolute atomic E-state index is 0.295. The van der Waals surface area contributed by atoms with Crippen LogP contribution < -0.4 is 10.5 Å². The van der Waals surface area contributed by atoms with Crippen molar-refractivity contribution in [3.8, 4) is 5.75 Å². The first kappa shape index (κ1) is 12.1. The van der Waals surface area contributed by atoms with E-state index in [4.69, 9.17) is 10.5 Å². The molecule has 1 heterocycles. The molecule has 0 amide bonds. The van der Waals surface area contributed by atoms with Crippen LogP contribution in [0.5, 0.6) is 5.75 Å². The van der Waals surface area contributed by atoms with Gasteiger partial charge in [-0.15, -0.1) is 0 Å². The Balaban J connectivity index is 1.88. The van der Waals surface area contributed by atoms with E-state index in [1.165, 1.54) is 12.4 Å². The summed E-state index contributed by atoms with van der Waals surface area (Å²) in [7, 11) is 0. The maximum atomic E-state index is 11.6. The number of aromatic nitrogens is 1. The van der Waals surface area contributed by atoms with Crippen LogP contribution in [0.2, 0.25) is 0 Å². The predicted molar refractivity (Wildman–Crippen MR) is 69.0 cm³/mol. The van der Waals surface area contributed by atoms with Gasteiger partial charge < -0.3 is 10.5 Å². The first-order valence-corrected chi connectivity index (χ1v) is 5.70. The molecular weight excluding hydrogens is 228 g/mol. The summed E-state index contributed by atoms with van der Waals surface area (Å²) in [6, 6.07) is 11.4. The number of nitrogens with two attached hydrogens (primary N) is 1. The van der Waals surface area contributed by atoms with E-state index in [2.05, 4.69) is 4.98 Å². The van der Waals surface area contributed by atoms with Gasteiger partial charge in [0.25, 0.3) is 0 Å². The SMILES string of the molecule is Nc1cnccc1OC(=O)CCc1ccccc1. The zero-order chi connectivity index (χ0) is 12.8. The Bertz CT molecular complexity index is 526. The fourth-order valence-corrected chi connectivity index (χ4v) is 1.55. The van der Waals surface area contributed by atoms with Gasteiger partial charge >= 0.3 is 5.97 Å². The lowest BCUT2D eigenvalue weighted by Crippen LogP contribution is -2.10. The molecule has 0 bridgehead atoms. The van der Waals surface area contributed by atoms with Crippen molar-refractivity contribution in [2.24, 2.45) is 0 Å². The third kappa shape index (κ3) is 3.31. The summed E-state index contributed by atoms with van der Waals surface area (Å²) in [5, 5.41) is 0. The van der Waals surface area contributed by atoms with Gasteiger partial charge in [0.15, 0.2) is 5.75 Å². The first-order chi connectivity index (χ1) is 8.75. The lowest BCUT2D eigenvalue weighted by Gasteiger charge is -2.06. The van der Waals surface area contributed by atoms with Crippen molar-refractivity contribution in [1.82, 2.24) is 4.98 Å². The number of nitrogens with zero attached hydrogens (tertiary/aromatic N) is 1. The van der Waals surface area contributed by atoms with Crippen molar-refractivity contribution in [2.75, 3.05) is 5.73 Å². The molecule has 2 rings (SSSR count). The molecule has 0 aliphatic heterocycles. The molecule has 0 unspecified atom stereocenters. The maximum absolute atomic E-state index is 11.6. The largest absolute Gasteiger partial charge is 0.424 e. The third-order valence-electron chi connectivity index (χ3n) is 2.49. The Kier molecular flexibility index (Phi) is 3.91. The maximum Gasteiger partial charge on any atom is 0.311 e. The van der Waals surface area contributed by atoms with Crippen LogP contribution in [-0.4, -0.2) is 11.0 Å². The molecule has 0 saturated heterocycles. The second-order valence-corrected chi connectivity index (χ2v) is 3.87. The average Bonchev–Trinajstić information content (AvgIpc) is 2.40. The lowest BCUT2D eigenvalue weighted by molar-refractivity contribution is -0.134. The number of anilines is 1. The Labute approximate surface area is 105 Å². The van der Waals surface area contributed by atoms with Crippen LogP contribution in [0, 0.1) is 0 Å². The molecule has 1 aromatic carbocycles. The van der Waals surface area contributed by atoms with E-state index in [-0.39, 0.29) is 5.97 Å². The van der Waals surface area contributed by atoms with Gasteiger partial charge in [0, 0.05) is 18.7 Å². The molecule has 0 fully saturated rings. The monoisotopic (exact) mass is 242 g/mol. The van der Waals surface area contributed by atoms with Crippen LogP contribution in [0.25, 0.3) is 0 Å². The number of benzene rings is 1. The normalized spacial score (nSPS) is 10.0. The number of ether oxygens (including phenoxy) is 1. The predicted octanol–water partition coefficient (Wildman–Crippen LogP) is 2.20. The smallest absolute Gasteiger partial charge is 0.311 e. The van der Waals surface area contributed by atoms with Crippen LogP contribution in [-0.2, 0) is 11.2 Å². The van der Waals surface area contributed by atoms with Crippen LogP contribution in [0.1, 0.15) is 12.0 Å². The molecule has 4 nitrogen and oxygen atoms in total. The van der Waals surface area contributed by atoms with Crippen molar-refractivity contribution < 1.29 is 9.53 Å². The number of hydrogen-bond acceptors (Lipinski definition) is 4. The molecule has 18 heavy (non-hydrogen) atoms. The number of pyridine rings is 1. The lowest BCUT2D eigenvalue weighted by atomic mass is 10.1. The third-order valence-corrected chi connectivity index (χ3v) is 2.49. The van der Waals surface area contributed by atoms with Crippen LogP contribution in [0.15, 0.2) is 48.8 Å². The van der Waals surface area contributed by atoms with Gasteiger partial charge in [-0.2, -0.15) is 0 Å². The molecule has 0 saturated carbocycles. The number of carbonyl (C=O) groups excluding carboxylic acids is 1. The van der Waals surface area contributed by atoms with E-state index >= 15 is 0 Å². The summed E-state index contributed by atoms with van der Waals surface area (Å²) in [5.74, 6) is 0.0693. The van der Waals surface area contributed by atoms with Crippen LogP contribution >= 0.6 is 0 Å². The van der Waals surface area contributed by atoms with Crippen LogP contribution in [0.3, 0.4) is 0 Å². The van der Waals surface area contributed by atoms with Crippen molar-refractivity contribution in [3.05, 3.63) is 54.4 Å². The van der Waals surface area contributed by atoms with Crippen molar-refractivity contribution in [1.29, 1.82) is 0 Å². The Morgan fingerprint density at radius 2 is 2.00 bits per heavy atom. The zero-order valence-electron chi connectivity index (χ0n) is 9.87. The number of esters is 1. The van der Waals surface area contributed by atoms with Crippen molar-refractivity contribution in [3.63, 3.8) is 0 Å².